The van der Waals surface area contributed by atoms with Crippen molar-refractivity contribution >= 4 is 15.9 Å². The molecule has 0 bridgehead atoms. The molecule has 0 saturated heterocycles. The molecule has 0 fully saturated rings. The van der Waals surface area contributed by atoms with Crippen molar-refractivity contribution in [3.8, 4) is 0 Å². The molecule has 0 unspecified atom stereocenters. The van der Waals surface area contributed by atoms with Crippen LogP contribution in [-0.4, -0.2) is 51.1 Å². The third-order valence-electron chi connectivity index (χ3n) is 1.91. The van der Waals surface area contributed by atoms with Gasteiger partial charge in [-0.1, -0.05) is 6.92 Å². The third kappa shape index (κ3) is 6.43. The Hall–Kier alpha value is -0.660. The lowest BCUT2D eigenvalue weighted by atomic mass is 10.4. The summed E-state index contributed by atoms with van der Waals surface area (Å²) in [6, 6.07) is 0. The van der Waals surface area contributed by atoms with Crippen molar-refractivity contribution in [3.63, 3.8) is 0 Å². The number of hydrogen-bond donors (Lipinski definition) is 2. The highest BCUT2D eigenvalue weighted by Crippen LogP contribution is 1.97. The number of hydrogen-bond acceptors (Lipinski definition) is 4. The van der Waals surface area contributed by atoms with Crippen LogP contribution in [0, 0.1) is 0 Å². The molecule has 3 N–H and O–H groups in total. The molecule has 0 aliphatic rings. The molecular weight excluding hydrogens is 218 g/mol. The maximum absolute atomic E-state index is 11.2. The number of carbonyl (C=O) groups excluding carboxylic acids is 1. The van der Waals surface area contributed by atoms with Gasteiger partial charge in [0, 0.05) is 19.6 Å². The number of amides is 1. The van der Waals surface area contributed by atoms with Crippen molar-refractivity contribution in [2.45, 2.75) is 13.3 Å². The van der Waals surface area contributed by atoms with Crippen LogP contribution in [0.3, 0.4) is 0 Å². The number of carbonyl (C=O) groups is 1. The van der Waals surface area contributed by atoms with Crippen LogP contribution in [0.1, 0.15) is 13.3 Å². The minimum atomic E-state index is -3.13. The van der Waals surface area contributed by atoms with E-state index in [0.717, 1.165) is 0 Å². The van der Waals surface area contributed by atoms with Gasteiger partial charge in [-0.15, -0.1) is 0 Å². The summed E-state index contributed by atoms with van der Waals surface area (Å²) >= 11 is 0. The molecule has 0 spiro atoms. The van der Waals surface area contributed by atoms with E-state index in [1.807, 2.05) is 0 Å². The van der Waals surface area contributed by atoms with Gasteiger partial charge < -0.3 is 11.1 Å². The van der Waals surface area contributed by atoms with Crippen molar-refractivity contribution in [2.75, 3.05) is 32.4 Å². The summed E-state index contributed by atoms with van der Waals surface area (Å²) in [6.45, 7) is 3.05. The Bertz CT molecular complexity index is 290. The molecule has 0 rings (SSSR count). The number of rotatable bonds is 7. The first-order valence-electron chi connectivity index (χ1n) is 4.83. The SMILES string of the molecule is CCN(CCCNC(=O)CN)S(C)(=O)=O. The molecule has 6 nitrogen and oxygen atoms in total. The van der Waals surface area contributed by atoms with E-state index < -0.39 is 10.0 Å². The molecule has 0 heterocycles. The van der Waals surface area contributed by atoms with Crippen LogP contribution in [0.2, 0.25) is 0 Å². The van der Waals surface area contributed by atoms with Crippen LogP contribution in [-0.2, 0) is 14.8 Å². The predicted octanol–water partition coefficient (Wildman–Crippen LogP) is -1.27. The fraction of sp³-hybridized carbons (Fsp3) is 0.875. The molecule has 0 aliphatic heterocycles. The monoisotopic (exact) mass is 237 g/mol. The average Bonchev–Trinajstić information content (AvgIpc) is 2.15. The molecule has 7 heteroatoms. The average molecular weight is 237 g/mol. The van der Waals surface area contributed by atoms with Crippen molar-refractivity contribution in [1.29, 1.82) is 0 Å². The molecule has 15 heavy (non-hydrogen) atoms. The summed E-state index contributed by atoms with van der Waals surface area (Å²) in [5.74, 6) is -0.225. The Balaban J connectivity index is 3.80. The van der Waals surface area contributed by atoms with Crippen molar-refractivity contribution in [1.82, 2.24) is 9.62 Å². The summed E-state index contributed by atoms with van der Waals surface area (Å²) in [5, 5.41) is 2.58. The molecule has 0 aromatic carbocycles. The Morgan fingerprint density at radius 1 is 1.47 bits per heavy atom. The minimum absolute atomic E-state index is 0.0381. The van der Waals surface area contributed by atoms with Gasteiger partial charge in [-0.2, -0.15) is 0 Å². The maximum Gasteiger partial charge on any atom is 0.233 e. The van der Waals surface area contributed by atoms with Crippen LogP contribution in [0.15, 0.2) is 0 Å². The molecule has 0 aromatic rings. The predicted molar refractivity (Wildman–Crippen MR) is 58.8 cm³/mol. The van der Waals surface area contributed by atoms with Gasteiger partial charge in [0.25, 0.3) is 0 Å². The normalized spacial score (nSPS) is 11.7. The lowest BCUT2D eigenvalue weighted by Crippen LogP contribution is -2.35. The molecule has 0 saturated carbocycles. The van der Waals surface area contributed by atoms with Crippen LogP contribution in [0.4, 0.5) is 0 Å². The van der Waals surface area contributed by atoms with E-state index in [9.17, 15) is 13.2 Å². The van der Waals surface area contributed by atoms with Gasteiger partial charge in [0.15, 0.2) is 0 Å². The smallest absolute Gasteiger partial charge is 0.233 e. The van der Waals surface area contributed by atoms with Crippen LogP contribution < -0.4 is 11.1 Å². The van der Waals surface area contributed by atoms with Gasteiger partial charge in [0.2, 0.25) is 15.9 Å². The largest absolute Gasteiger partial charge is 0.355 e. The van der Waals surface area contributed by atoms with Gasteiger partial charge in [0.05, 0.1) is 12.8 Å². The summed E-state index contributed by atoms with van der Waals surface area (Å²) in [5.41, 5.74) is 5.09. The zero-order chi connectivity index (χ0) is 11.9. The molecule has 0 aromatic heterocycles. The summed E-state index contributed by atoms with van der Waals surface area (Å²) < 4.78 is 23.7. The summed E-state index contributed by atoms with van der Waals surface area (Å²) in [4.78, 5) is 10.8. The lowest BCUT2D eigenvalue weighted by Gasteiger charge is -2.17. The number of sulfonamides is 1. The number of nitrogens with two attached hydrogens (primary N) is 1. The van der Waals surface area contributed by atoms with Gasteiger partial charge in [-0.3, -0.25) is 4.79 Å². The van der Waals surface area contributed by atoms with E-state index in [-0.39, 0.29) is 12.5 Å². The second-order valence-corrected chi connectivity index (χ2v) is 5.14. The van der Waals surface area contributed by atoms with E-state index >= 15 is 0 Å². The van der Waals surface area contributed by atoms with Crippen LogP contribution in [0.25, 0.3) is 0 Å². The third-order valence-corrected chi connectivity index (χ3v) is 3.29. The standard InChI is InChI=1S/C8H19N3O3S/c1-3-11(15(2,13)14)6-4-5-10-8(12)7-9/h3-7,9H2,1-2H3,(H,10,12). The quantitative estimate of drug-likeness (QED) is 0.540. The van der Waals surface area contributed by atoms with Crippen molar-refractivity contribution < 1.29 is 13.2 Å². The van der Waals surface area contributed by atoms with Crippen molar-refractivity contribution in [3.05, 3.63) is 0 Å². The second-order valence-electron chi connectivity index (χ2n) is 3.16. The number of nitrogens with zero attached hydrogens (tertiary/aromatic N) is 1. The van der Waals surface area contributed by atoms with E-state index in [2.05, 4.69) is 5.32 Å². The van der Waals surface area contributed by atoms with Crippen LogP contribution >= 0.6 is 0 Å². The van der Waals surface area contributed by atoms with Crippen LogP contribution in [0.5, 0.6) is 0 Å². The lowest BCUT2D eigenvalue weighted by molar-refractivity contribution is -0.119. The Morgan fingerprint density at radius 3 is 2.47 bits per heavy atom. The van der Waals surface area contributed by atoms with E-state index in [1.165, 1.54) is 10.6 Å². The zero-order valence-corrected chi connectivity index (χ0v) is 10.0. The fourth-order valence-electron chi connectivity index (χ4n) is 1.11. The molecule has 0 radical (unpaired) electrons. The molecule has 0 aliphatic carbocycles. The minimum Gasteiger partial charge on any atom is -0.355 e. The highest BCUT2D eigenvalue weighted by atomic mass is 32.2. The first-order valence-corrected chi connectivity index (χ1v) is 6.68. The fourth-order valence-corrected chi connectivity index (χ4v) is 2.04. The van der Waals surface area contributed by atoms with E-state index in [4.69, 9.17) is 5.73 Å². The summed E-state index contributed by atoms with van der Waals surface area (Å²) in [6.07, 6.45) is 1.77. The highest BCUT2D eigenvalue weighted by Gasteiger charge is 2.13. The van der Waals surface area contributed by atoms with Gasteiger partial charge in [-0.05, 0) is 6.42 Å². The Labute approximate surface area is 90.9 Å². The Kier molecular flexibility index (Phi) is 6.46. The topological polar surface area (TPSA) is 92.5 Å². The Morgan fingerprint density at radius 2 is 2.07 bits per heavy atom. The van der Waals surface area contributed by atoms with Gasteiger partial charge in [-0.25, -0.2) is 12.7 Å². The van der Waals surface area contributed by atoms with Crippen molar-refractivity contribution in [2.24, 2.45) is 5.73 Å². The van der Waals surface area contributed by atoms with E-state index in [1.54, 1.807) is 6.92 Å². The zero-order valence-electron chi connectivity index (χ0n) is 9.19. The number of nitrogens with one attached hydrogen (secondary N) is 1. The second kappa shape index (κ2) is 6.76. The first-order chi connectivity index (χ1) is 6.91. The molecule has 90 valence electrons. The molecule has 1 amide bonds. The highest BCUT2D eigenvalue weighted by molar-refractivity contribution is 7.88. The maximum atomic E-state index is 11.2. The summed E-state index contributed by atoms with van der Waals surface area (Å²) in [7, 11) is -3.13. The van der Waals surface area contributed by atoms with Gasteiger partial charge >= 0.3 is 0 Å². The van der Waals surface area contributed by atoms with Gasteiger partial charge in [0.1, 0.15) is 0 Å². The van der Waals surface area contributed by atoms with E-state index in [0.29, 0.717) is 26.1 Å². The first kappa shape index (κ1) is 14.3. The molecule has 0 atom stereocenters. The molecular formula is C8H19N3O3S.